The Morgan fingerprint density at radius 2 is 1.33 bits per heavy atom. The second-order valence-corrected chi connectivity index (χ2v) is 8.90. The molecule has 0 bridgehead atoms. The third-order valence-corrected chi connectivity index (χ3v) is 4.98. The largest absolute Gasteiger partial charge is 0.465 e. The third-order valence-electron chi connectivity index (χ3n) is 3.90. The first-order valence-electron chi connectivity index (χ1n) is 9.28. The molecule has 10 nitrogen and oxygen atoms in total. The summed E-state index contributed by atoms with van der Waals surface area (Å²) >= 11 is 0. The zero-order valence-corrected chi connectivity index (χ0v) is 18.5. The average Bonchev–Trinajstić information content (AvgIpc) is 2.68. The van der Waals surface area contributed by atoms with E-state index < -0.39 is 33.4 Å². The lowest BCUT2D eigenvalue weighted by Crippen LogP contribution is -2.40. The van der Waals surface area contributed by atoms with Crippen LogP contribution in [-0.2, 0) is 43.0 Å². The number of carbonyl (C=O) groups is 3. The predicted octanol–water partition coefficient (Wildman–Crippen LogP) is 1.56. The molecule has 0 fully saturated rings. The van der Waals surface area contributed by atoms with Gasteiger partial charge in [-0.3, -0.25) is 4.79 Å². The van der Waals surface area contributed by atoms with Gasteiger partial charge in [0.05, 0.1) is 12.4 Å². The Balaban J connectivity index is 4.64. The van der Waals surface area contributed by atoms with Gasteiger partial charge in [-0.15, -0.1) is 0 Å². The first-order chi connectivity index (χ1) is 13.8. The van der Waals surface area contributed by atoms with Crippen molar-refractivity contribution in [3.8, 4) is 0 Å². The lowest BCUT2D eigenvalue weighted by molar-refractivity contribution is -0.168. The van der Waals surface area contributed by atoms with E-state index in [-0.39, 0.29) is 36.7 Å². The first kappa shape index (κ1) is 27.8. The number of hydrogen-bond donors (Lipinski definition) is 1. The fourth-order valence-corrected chi connectivity index (χ4v) is 2.63. The standard InChI is InChI=1S/C19H31NO9S/c1-14(2)16(21)27-12-19(5,13-28-17(22)15(3)4)18(23)26-10-8-6-7-9-11-30(24,25)29-20/h1,3,6-13,20H2,2,4-5H3. The third kappa shape index (κ3) is 11.1. The van der Waals surface area contributed by atoms with Crippen LogP contribution in [0.25, 0.3) is 0 Å². The van der Waals surface area contributed by atoms with Crippen LogP contribution < -0.4 is 5.90 Å². The van der Waals surface area contributed by atoms with Crippen LogP contribution in [0.2, 0.25) is 0 Å². The monoisotopic (exact) mass is 449 g/mol. The van der Waals surface area contributed by atoms with Crippen molar-refractivity contribution < 1.29 is 41.3 Å². The molecule has 0 radical (unpaired) electrons. The highest BCUT2D eigenvalue weighted by Gasteiger charge is 2.38. The Labute approximate surface area is 177 Å². The summed E-state index contributed by atoms with van der Waals surface area (Å²) in [6.45, 7) is 10.6. The van der Waals surface area contributed by atoms with E-state index in [2.05, 4.69) is 23.3 Å². The van der Waals surface area contributed by atoms with E-state index in [9.17, 15) is 22.8 Å². The molecule has 2 N–H and O–H groups in total. The van der Waals surface area contributed by atoms with E-state index in [1.807, 2.05) is 0 Å². The van der Waals surface area contributed by atoms with Crippen molar-refractivity contribution in [3.05, 3.63) is 24.3 Å². The summed E-state index contributed by atoms with van der Waals surface area (Å²) in [7, 11) is -3.69. The maximum atomic E-state index is 12.5. The molecule has 0 aliphatic carbocycles. The molecular formula is C19H31NO9S. The van der Waals surface area contributed by atoms with E-state index >= 15 is 0 Å². The van der Waals surface area contributed by atoms with Gasteiger partial charge in [0.25, 0.3) is 10.1 Å². The molecule has 172 valence electrons. The molecule has 0 rings (SSSR count). The lowest BCUT2D eigenvalue weighted by Gasteiger charge is -2.26. The van der Waals surface area contributed by atoms with Gasteiger partial charge in [0.15, 0.2) is 0 Å². The van der Waals surface area contributed by atoms with Crippen LogP contribution in [0.4, 0.5) is 0 Å². The van der Waals surface area contributed by atoms with E-state index in [1.54, 1.807) is 0 Å². The molecule has 0 aromatic heterocycles. The highest BCUT2D eigenvalue weighted by molar-refractivity contribution is 7.86. The molecule has 0 saturated carbocycles. The molecule has 0 aliphatic rings. The quantitative estimate of drug-likeness (QED) is 0.128. The molecule has 0 atom stereocenters. The van der Waals surface area contributed by atoms with Crippen LogP contribution in [0.5, 0.6) is 0 Å². The fraction of sp³-hybridized carbons (Fsp3) is 0.632. The van der Waals surface area contributed by atoms with Crippen LogP contribution in [-0.4, -0.2) is 51.9 Å². The van der Waals surface area contributed by atoms with Gasteiger partial charge in [-0.05, 0) is 33.6 Å². The molecule has 0 spiro atoms. The van der Waals surface area contributed by atoms with E-state index in [0.717, 1.165) is 0 Å². The van der Waals surface area contributed by atoms with Gasteiger partial charge < -0.3 is 14.2 Å². The smallest absolute Gasteiger partial charge is 0.333 e. The van der Waals surface area contributed by atoms with Crippen molar-refractivity contribution in [1.82, 2.24) is 0 Å². The number of hydrogen-bond acceptors (Lipinski definition) is 10. The maximum Gasteiger partial charge on any atom is 0.333 e. The molecule has 0 amide bonds. The normalized spacial score (nSPS) is 11.5. The number of rotatable bonds is 15. The second kappa shape index (κ2) is 13.1. The summed E-state index contributed by atoms with van der Waals surface area (Å²) in [5, 5.41) is 0. The van der Waals surface area contributed by atoms with Gasteiger partial charge in [-0.25, -0.2) is 9.59 Å². The maximum absolute atomic E-state index is 12.5. The number of unbranched alkanes of at least 4 members (excludes halogenated alkanes) is 3. The number of nitrogens with two attached hydrogens (primary N) is 1. The lowest BCUT2D eigenvalue weighted by atomic mass is 9.93. The summed E-state index contributed by atoms with van der Waals surface area (Å²) in [6.07, 6.45) is 2.03. The topological polar surface area (TPSA) is 148 Å². The molecule has 30 heavy (non-hydrogen) atoms. The van der Waals surface area contributed by atoms with Gasteiger partial charge in [0.1, 0.15) is 18.6 Å². The SMILES string of the molecule is C=C(C)C(=O)OCC(C)(COC(=O)C(=C)C)C(=O)OCCCCCCS(=O)(=O)ON. The fourth-order valence-electron chi connectivity index (χ4n) is 1.98. The van der Waals surface area contributed by atoms with Crippen molar-refractivity contribution in [1.29, 1.82) is 0 Å². The Kier molecular flexibility index (Phi) is 12.2. The molecule has 0 saturated heterocycles. The van der Waals surface area contributed by atoms with Gasteiger partial charge in [-0.1, -0.05) is 26.0 Å². The Morgan fingerprint density at radius 3 is 1.77 bits per heavy atom. The minimum Gasteiger partial charge on any atom is -0.465 e. The van der Waals surface area contributed by atoms with E-state index in [4.69, 9.17) is 14.2 Å². The summed E-state index contributed by atoms with van der Waals surface area (Å²) < 4.78 is 41.4. The minimum atomic E-state index is -3.69. The number of ether oxygens (including phenoxy) is 3. The molecule has 0 aromatic rings. The van der Waals surface area contributed by atoms with Crippen LogP contribution in [0.1, 0.15) is 46.5 Å². The summed E-state index contributed by atoms with van der Waals surface area (Å²) in [5.74, 6) is 2.38. The van der Waals surface area contributed by atoms with Crippen LogP contribution in [0.15, 0.2) is 24.3 Å². The molecule has 0 heterocycles. The van der Waals surface area contributed by atoms with Crippen molar-refractivity contribution >= 4 is 28.0 Å². The predicted molar refractivity (Wildman–Crippen MR) is 108 cm³/mol. The van der Waals surface area contributed by atoms with Crippen LogP contribution in [0, 0.1) is 5.41 Å². The molecule has 0 aliphatic heterocycles. The van der Waals surface area contributed by atoms with E-state index in [0.29, 0.717) is 25.7 Å². The van der Waals surface area contributed by atoms with Gasteiger partial charge in [0.2, 0.25) is 0 Å². The second-order valence-electron chi connectivity index (χ2n) is 7.18. The van der Waals surface area contributed by atoms with Crippen molar-refractivity contribution in [3.63, 3.8) is 0 Å². The van der Waals surface area contributed by atoms with Crippen molar-refractivity contribution in [2.24, 2.45) is 11.3 Å². The van der Waals surface area contributed by atoms with E-state index in [1.165, 1.54) is 20.8 Å². The molecule has 0 unspecified atom stereocenters. The highest BCUT2D eigenvalue weighted by Crippen LogP contribution is 2.22. The average molecular weight is 450 g/mol. The Hall–Kier alpha value is -2.24. The molecule has 11 heteroatoms. The van der Waals surface area contributed by atoms with Crippen molar-refractivity contribution in [2.75, 3.05) is 25.6 Å². The van der Waals surface area contributed by atoms with Crippen LogP contribution >= 0.6 is 0 Å². The molecular weight excluding hydrogens is 418 g/mol. The summed E-state index contributed by atoms with van der Waals surface area (Å²) in [6, 6.07) is 0. The van der Waals surface area contributed by atoms with Gasteiger partial charge in [0, 0.05) is 11.1 Å². The zero-order chi connectivity index (χ0) is 23.4. The summed E-state index contributed by atoms with van der Waals surface area (Å²) in [4.78, 5) is 35.8. The zero-order valence-electron chi connectivity index (χ0n) is 17.7. The Morgan fingerprint density at radius 1 is 0.867 bits per heavy atom. The number of carbonyl (C=O) groups excluding carboxylic acids is 3. The number of esters is 3. The Bertz CT molecular complexity index is 713. The highest BCUT2D eigenvalue weighted by atomic mass is 32.2. The van der Waals surface area contributed by atoms with Gasteiger partial charge >= 0.3 is 17.9 Å². The van der Waals surface area contributed by atoms with Crippen molar-refractivity contribution in [2.45, 2.75) is 46.5 Å². The van der Waals surface area contributed by atoms with Crippen LogP contribution in [0.3, 0.4) is 0 Å². The minimum absolute atomic E-state index is 0.0669. The first-order valence-corrected chi connectivity index (χ1v) is 10.9. The summed E-state index contributed by atoms with van der Waals surface area (Å²) in [5.41, 5.74) is -1.10. The molecule has 0 aromatic carbocycles. The van der Waals surface area contributed by atoms with Gasteiger partial charge in [-0.2, -0.15) is 18.6 Å².